The molecule has 0 N–H and O–H groups in total. The van der Waals surface area contributed by atoms with Gasteiger partial charge in [-0.05, 0) is 12.8 Å². The fourth-order valence-corrected chi connectivity index (χ4v) is 2.52. The van der Waals surface area contributed by atoms with Crippen LogP contribution in [-0.2, 0) is 24.0 Å². The van der Waals surface area contributed by atoms with Crippen LogP contribution < -0.4 is 0 Å². The number of rotatable bonds is 3. The minimum atomic E-state index is -3.77. The van der Waals surface area contributed by atoms with Crippen molar-refractivity contribution >= 4 is 16.3 Å². The molecular formula is C7H13NO5S. The highest BCUT2D eigenvalue weighted by atomic mass is 32.2. The van der Waals surface area contributed by atoms with Crippen molar-refractivity contribution in [3.63, 3.8) is 0 Å². The third-order valence-electron chi connectivity index (χ3n) is 2.17. The molecule has 7 heteroatoms. The van der Waals surface area contributed by atoms with Crippen LogP contribution in [0.3, 0.4) is 0 Å². The largest absolute Gasteiger partial charge is 0.468 e. The Morgan fingerprint density at radius 1 is 1.43 bits per heavy atom. The number of hydrogen-bond acceptors (Lipinski definition) is 5. The van der Waals surface area contributed by atoms with E-state index in [9.17, 15) is 13.2 Å². The van der Waals surface area contributed by atoms with E-state index in [2.05, 4.69) is 8.92 Å². The van der Waals surface area contributed by atoms with Crippen LogP contribution in [0.25, 0.3) is 0 Å². The number of carbonyl (C=O) groups excluding carboxylic acids is 1. The summed E-state index contributed by atoms with van der Waals surface area (Å²) < 4.78 is 32.5. The van der Waals surface area contributed by atoms with E-state index < -0.39 is 22.3 Å². The first-order chi connectivity index (χ1) is 6.53. The topological polar surface area (TPSA) is 72.9 Å². The molecule has 0 unspecified atom stereocenters. The Balaban J connectivity index is 2.84. The van der Waals surface area contributed by atoms with E-state index in [1.807, 2.05) is 0 Å². The molecule has 0 spiro atoms. The highest BCUT2D eigenvalue weighted by Gasteiger charge is 2.39. The standard InChI is InChI=1S/C7H13NO5S/c1-12-7(9)6-4-3-5-8(6)14(10,11)13-2/h6H,3-5H2,1-2H3/t6-/m0/s1. The summed E-state index contributed by atoms with van der Waals surface area (Å²) in [4.78, 5) is 11.2. The van der Waals surface area contributed by atoms with Gasteiger partial charge in [-0.3, -0.25) is 8.98 Å². The van der Waals surface area contributed by atoms with Gasteiger partial charge in [0.15, 0.2) is 0 Å². The van der Waals surface area contributed by atoms with Crippen LogP contribution in [-0.4, -0.2) is 45.5 Å². The summed E-state index contributed by atoms with van der Waals surface area (Å²) in [5.74, 6) is -0.539. The summed E-state index contributed by atoms with van der Waals surface area (Å²) in [6, 6.07) is -0.732. The zero-order valence-corrected chi connectivity index (χ0v) is 8.91. The van der Waals surface area contributed by atoms with E-state index >= 15 is 0 Å². The predicted molar refractivity (Wildman–Crippen MR) is 47.7 cm³/mol. The van der Waals surface area contributed by atoms with Crippen molar-refractivity contribution < 1.29 is 22.1 Å². The number of carbonyl (C=O) groups is 1. The molecule has 0 amide bonds. The lowest BCUT2D eigenvalue weighted by Crippen LogP contribution is -2.41. The number of methoxy groups -OCH3 is 1. The van der Waals surface area contributed by atoms with E-state index in [4.69, 9.17) is 0 Å². The Hall–Kier alpha value is -0.660. The van der Waals surface area contributed by atoms with Crippen molar-refractivity contribution in [3.8, 4) is 0 Å². The molecule has 1 heterocycles. The van der Waals surface area contributed by atoms with E-state index in [0.717, 1.165) is 11.4 Å². The van der Waals surface area contributed by atoms with Crippen LogP contribution in [0.15, 0.2) is 0 Å². The van der Waals surface area contributed by atoms with Gasteiger partial charge >= 0.3 is 16.3 Å². The van der Waals surface area contributed by atoms with Crippen molar-refractivity contribution in [1.82, 2.24) is 4.31 Å². The average molecular weight is 223 g/mol. The SMILES string of the molecule is COC(=O)[C@@H]1CCCN1S(=O)(=O)OC. The normalized spacial score (nSPS) is 23.7. The van der Waals surface area contributed by atoms with Crippen molar-refractivity contribution in [3.05, 3.63) is 0 Å². The Labute approximate surface area is 83.0 Å². The maximum Gasteiger partial charge on any atom is 0.338 e. The average Bonchev–Trinajstić information content (AvgIpc) is 2.65. The fraction of sp³-hybridized carbons (Fsp3) is 0.857. The van der Waals surface area contributed by atoms with Crippen LogP contribution in [0.1, 0.15) is 12.8 Å². The third-order valence-corrected chi connectivity index (χ3v) is 3.61. The molecule has 1 fully saturated rings. The van der Waals surface area contributed by atoms with Crippen molar-refractivity contribution in [2.24, 2.45) is 0 Å². The summed E-state index contributed by atoms with van der Waals surface area (Å²) >= 11 is 0. The minimum Gasteiger partial charge on any atom is -0.468 e. The maximum absolute atomic E-state index is 11.3. The molecule has 1 aliphatic heterocycles. The van der Waals surface area contributed by atoms with Gasteiger partial charge in [-0.25, -0.2) is 0 Å². The quantitative estimate of drug-likeness (QED) is 0.604. The molecule has 0 bridgehead atoms. The van der Waals surface area contributed by atoms with Gasteiger partial charge in [0.2, 0.25) is 0 Å². The monoisotopic (exact) mass is 223 g/mol. The van der Waals surface area contributed by atoms with Gasteiger partial charge in [0.1, 0.15) is 6.04 Å². The van der Waals surface area contributed by atoms with Crippen LogP contribution >= 0.6 is 0 Å². The fourth-order valence-electron chi connectivity index (χ4n) is 1.48. The second-order valence-corrected chi connectivity index (χ2v) is 4.57. The van der Waals surface area contributed by atoms with Crippen LogP contribution in [0.5, 0.6) is 0 Å². The molecule has 0 aromatic heterocycles. The van der Waals surface area contributed by atoms with Gasteiger partial charge in [0, 0.05) is 6.54 Å². The van der Waals surface area contributed by atoms with Gasteiger partial charge in [-0.15, -0.1) is 0 Å². The minimum absolute atomic E-state index is 0.302. The van der Waals surface area contributed by atoms with E-state index in [-0.39, 0.29) is 0 Å². The summed E-state index contributed by atoms with van der Waals surface area (Å²) in [6.45, 7) is 0.302. The summed E-state index contributed by atoms with van der Waals surface area (Å²) in [5, 5.41) is 0. The molecule has 14 heavy (non-hydrogen) atoms. The Morgan fingerprint density at radius 2 is 2.07 bits per heavy atom. The van der Waals surface area contributed by atoms with Gasteiger partial charge < -0.3 is 4.74 Å². The predicted octanol–water partition coefficient (Wildman–Crippen LogP) is -0.485. The zero-order valence-electron chi connectivity index (χ0n) is 8.10. The lowest BCUT2D eigenvalue weighted by Gasteiger charge is -2.19. The number of nitrogens with zero attached hydrogens (tertiary/aromatic N) is 1. The molecule has 1 saturated heterocycles. The highest BCUT2D eigenvalue weighted by Crippen LogP contribution is 2.22. The molecule has 0 aromatic carbocycles. The lowest BCUT2D eigenvalue weighted by molar-refractivity contribution is -0.144. The van der Waals surface area contributed by atoms with Crippen molar-refractivity contribution in [1.29, 1.82) is 0 Å². The first-order valence-electron chi connectivity index (χ1n) is 4.18. The molecule has 0 saturated carbocycles. The third kappa shape index (κ3) is 2.05. The maximum atomic E-state index is 11.3. The molecule has 0 aromatic rings. The van der Waals surface area contributed by atoms with Crippen LogP contribution in [0, 0.1) is 0 Å². The molecule has 82 valence electrons. The summed E-state index contributed by atoms with van der Waals surface area (Å²) in [6.07, 6.45) is 1.12. The van der Waals surface area contributed by atoms with Crippen LogP contribution in [0.4, 0.5) is 0 Å². The van der Waals surface area contributed by atoms with E-state index in [1.165, 1.54) is 7.11 Å². The molecule has 1 atom stereocenters. The number of esters is 1. The van der Waals surface area contributed by atoms with Gasteiger partial charge in [0.25, 0.3) is 0 Å². The molecule has 1 rings (SSSR count). The van der Waals surface area contributed by atoms with Crippen molar-refractivity contribution in [2.45, 2.75) is 18.9 Å². The van der Waals surface area contributed by atoms with Crippen LogP contribution in [0.2, 0.25) is 0 Å². The van der Waals surface area contributed by atoms with Gasteiger partial charge in [0.05, 0.1) is 14.2 Å². The molecule has 1 aliphatic rings. The lowest BCUT2D eigenvalue weighted by atomic mass is 10.2. The second kappa shape index (κ2) is 4.24. The van der Waals surface area contributed by atoms with Gasteiger partial charge in [-0.2, -0.15) is 12.7 Å². The highest BCUT2D eigenvalue weighted by molar-refractivity contribution is 7.84. The number of hydrogen-bond donors (Lipinski definition) is 0. The van der Waals surface area contributed by atoms with Gasteiger partial charge in [-0.1, -0.05) is 0 Å². The number of ether oxygens (including phenoxy) is 1. The van der Waals surface area contributed by atoms with E-state index in [0.29, 0.717) is 19.4 Å². The zero-order chi connectivity index (χ0) is 10.8. The first-order valence-corrected chi connectivity index (χ1v) is 5.54. The Bertz CT molecular complexity index is 312. The molecular weight excluding hydrogens is 210 g/mol. The molecule has 6 nitrogen and oxygen atoms in total. The Kier molecular flexibility index (Phi) is 3.46. The smallest absolute Gasteiger partial charge is 0.338 e. The molecule has 0 aliphatic carbocycles. The Morgan fingerprint density at radius 3 is 2.57 bits per heavy atom. The van der Waals surface area contributed by atoms with E-state index in [1.54, 1.807) is 0 Å². The van der Waals surface area contributed by atoms with Crippen molar-refractivity contribution in [2.75, 3.05) is 20.8 Å². The first kappa shape index (κ1) is 11.4. The molecule has 0 radical (unpaired) electrons. The summed E-state index contributed by atoms with van der Waals surface area (Å²) in [7, 11) is -1.46. The summed E-state index contributed by atoms with van der Waals surface area (Å²) in [5.41, 5.74) is 0. The second-order valence-electron chi connectivity index (χ2n) is 2.92.